The summed E-state index contributed by atoms with van der Waals surface area (Å²) < 4.78 is 0. The highest BCUT2D eigenvalue weighted by Crippen LogP contribution is 2.21. The quantitative estimate of drug-likeness (QED) is 0.463. The molecule has 1 N–H and O–H groups in total. The number of hydrogen-bond acceptors (Lipinski definition) is 3. The van der Waals surface area contributed by atoms with Gasteiger partial charge in [-0.25, -0.2) is 0 Å². The van der Waals surface area contributed by atoms with Crippen LogP contribution in [-0.2, 0) is 0 Å². The lowest BCUT2D eigenvalue weighted by molar-refractivity contribution is 0.112. The van der Waals surface area contributed by atoms with Crippen LogP contribution >= 0.6 is 0 Å². The Bertz CT molecular complexity index is 408. The second-order valence-electron chi connectivity index (χ2n) is 3.19. The summed E-state index contributed by atoms with van der Waals surface area (Å²) in [6.07, 6.45) is 3.83. The Morgan fingerprint density at radius 2 is 2.13 bits per heavy atom. The van der Waals surface area contributed by atoms with Crippen LogP contribution in [0.15, 0.2) is 29.8 Å². The van der Waals surface area contributed by atoms with Gasteiger partial charge >= 0.3 is 0 Å². The van der Waals surface area contributed by atoms with Crippen LogP contribution in [0.1, 0.15) is 21.5 Å². The lowest BCUT2D eigenvalue weighted by Crippen LogP contribution is -1.91. The van der Waals surface area contributed by atoms with Gasteiger partial charge in [-0.05, 0) is 24.6 Å². The molecule has 0 fully saturated rings. The number of carbonyl (C=O) groups is 1. The van der Waals surface area contributed by atoms with Crippen molar-refractivity contribution in [1.29, 1.82) is 0 Å². The van der Waals surface area contributed by atoms with Gasteiger partial charge in [-0.15, -0.1) is 6.58 Å². The molecule has 0 atom stereocenters. The standard InChI is InChI=1S/C12H13NO2/c1-3-4-13-7-10-5-9(2)6-11(8-14)12(10)15/h3,5-8,15H,1,4H2,2H3. The maximum absolute atomic E-state index is 10.6. The largest absolute Gasteiger partial charge is 0.507 e. The molecule has 1 rings (SSSR count). The first-order valence-electron chi connectivity index (χ1n) is 4.58. The first kappa shape index (κ1) is 11.2. The Morgan fingerprint density at radius 3 is 2.73 bits per heavy atom. The zero-order valence-corrected chi connectivity index (χ0v) is 8.60. The van der Waals surface area contributed by atoms with E-state index < -0.39 is 0 Å². The highest BCUT2D eigenvalue weighted by atomic mass is 16.3. The summed E-state index contributed by atoms with van der Waals surface area (Å²) in [6, 6.07) is 3.40. The number of nitrogens with zero attached hydrogens (tertiary/aromatic N) is 1. The number of hydrogen-bond donors (Lipinski definition) is 1. The highest BCUT2D eigenvalue weighted by molar-refractivity contribution is 5.90. The molecule has 0 radical (unpaired) electrons. The Labute approximate surface area is 88.8 Å². The van der Waals surface area contributed by atoms with Gasteiger partial charge in [-0.1, -0.05) is 6.08 Å². The van der Waals surface area contributed by atoms with Crippen molar-refractivity contribution in [3.8, 4) is 5.75 Å². The van der Waals surface area contributed by atoms with Gasteiger partial charge in [0.1, 0.15) is 5.75 Å². The molecule has 1 aromatic carbocycles. The van der Waals surface area contributed by atoms with E-state index in [4.69, 9.17) is 0 Å². The number of phenolic OH excluding ortho intramolecular Hbond substituents is 1. The van der Waals surface area contributed by atoms with Crippen molar-refractivity contribution >= 4 is 12.5 Å². The lowest BCUT2D eigenvalue weighted by Gasteiger charge is -2.03. The van der Waals surface area contributed by atoms with E-state index in [1.165, 1.54) is 6.21 Å². The summed E-state index contributed by atoms with van der Waals surface area (Å²) >= 11 is 0. The number of rotatable bonds is 4. The van der Waals surface area contributed by atoms with Crippen LogP contribution < -0.4 is 0 Å². The molecule has 0 spiro atoms. The fraction of sp³-hybridized carbons (Fsp3) is 0.167. The topological polar surface area (TPSA) is 49.7 Å². The first-order chi connectivity index (χ1) is 7.19. The summed E-state index contributed by atoms with van der Waals surface area (Å²) in [4.78, 5) is 14.7. The van der Waals surface area contributed by atoms with Gasteiger partial charge in [0.25, 0.3) is 0 Å². The van der Waals surface area contributed by atoms with E-state index in [1.54, 1.807) is 18.2 Å². The van der Waals surface area contributed by atoms with Crippen LogP contribution in [0.5, 0.6) is 5.75 Å². The van der Waals surface area contributed by atoms with Crippen molar-refractivity contribution in [2.45, 2.75) is 6.92 Å². The first-order valence-corrected chi connectivity index (χ1v) is 4.58. The number of aromatic hydroxyl groups is 1. The number of phenols is 1. The maximum atomic E-state index is 10.6. The van der Waals surface area contributed by atoms with Crippen LogP contribution in [-0.4, -0.2) is 24.2 Å². The third-order valence-corrected chi connectivity index (χ3v) is 1.91. The molecule has 0 saturated heterocycles. The molecular formula is C12H13NO2. The Balaban J connectivity index is 3.11. The van der Waals surface area contributed by atoms with E-state index in [-0.39, 0.29) is 11.3 Å². The van der Waals surface area contributed by atoms with E-state index in [0.717, 1.165) is 5.56 Å². The van der Waals surface area contributed by atoms with Crippen LogP contribution in [0.3, 0.4) is 0 Å². The fourth-order valence-electron chi connectivity index (χ4n) is 1.25. The summed E-state index contributed by atoms with van der Waals surface area (Å²) in [5.41, 5.74) is 1.75. The van der Waals surface area contributed by atoms with E-state index in [1.807, 2.05) is 6.92 Å². The molecule has 15 heavy (non-hydrogen) atoms. The minimum absolute atomic E-state index is 0.0246. The number of carbonyl (C=O) groups excluding carboxylic acids is 1. The van der Waals surface area contributed by atoms with E-state index in [2.05, 4.69) is 11.6 Å². The summed E-state index contributed by atoms with van der Waals surface area (Å²) in [5.74, 6) is -0.0246. The van der Waals surface area contributed by atoms with Crippen molar-refractivity contribution < 1.29 is 9.90 Å². The minimum atomic E-state index is -0.0246. The van der Waals surface area contributed by atoms with Gasteiger partial charge in [0, 0.05) is 11.8 Å². The number of aldehydes is 1. The molecule has 0 aromatic heterocycles. The second-order valence-corrected chi connectivity index (χ2v) is 3.19. The Morgan fingerprint density at radius 1 is 1.47 bits per heavy atom. The van der Waals surface area contributed by atoms with Gasteiger partial charge in [-0.2, -0.15) is 0 Å². The fourth-order valence-corrected chi connectivity index (χ4v) is 1.25. The summed E-state index contributed by atoms with van der Waals surface area (Å²) in [5, 5.41) is 9.66. The van der Waals surface area contributed by atoms with Crippen molar-refractivity contribution in [3.05, 3.63) is 41.5 Å². The molecule has 0 heterocycles. The normalized spacial score (nSPS) is 10.5. The SMILES string of the molecule is C=CCN=Cc1cc(C)cc(C=O)c1O. The predicted octanol–water partition coefficient (Wildman–Crippen LogP) is 2.12. The Kier molecular flexibility index (Phi) is 3.80. The number of benzene rings is 1. The van der Waals surface area contributed by atoms with Gasteiger partial charge in [0.2, 0.25) is 0 Å². The zero-order chi connectivity index (χ0) is 11.3. The van der Waals surface area contributed by atoms with Gasteiger partial charge in [-0.3, -0.25) is 9.79 Å². The van der Waals surface area contributed by atoms with Crippen molar-refractivity contribution in [2.75, 3.05) is 6.54 Å². The maximum Gasteiger partial charge on any atom is 0.153 e. The Hall–Kier alpha value is -1.90. The number of aliphatic imine (C=N–C) groups is 1. The third-order valence-electron chi connectivity index (χ3n) is 1.91. The molecule has 0 amide bonds. The molecule has 0 aliphatic carbocycles. The van der Waals surface area contributed by atoms with Crippen molar-refractivity contribution in [2.24, 2.45) is 4.99 Å². The molecule has 1 aromatic rings. The van der Waals surface area contributed by atoms with Crippen LogP contribution in [0, 0.1) is 6.92 Å². The molecule has 3 nitrogen and oxygen atoms in total. The van der Waals surface area contributed by atoms with Gasteiger partial charge in [0.15, 0.2) is 6.29 Å². The number of aryl methyl sites for hydroxylation is 1. The molecule has 0 saturated carbocycles. The highest BCUT2D eigenvalue weighted by Gasteiger charge is 2.05. The van der Waals surface area contributed by atoms with Crippen LogP contribution in [0.4, 0.5) is 0 Å². The molecular weight excluding hydrogens is 190 g/mol. The lowest BCUT2D eigenvalue weighted by atomic mass is 10.1. The molecule has 78 valence electrons. The molecule has 3 heteroatoms. The molecule has 0 aliphatic heterocycles. The molecule has 0 unspecified atom stereocenters. The van der Waals surface area contributed by atoms with E-state index >= 15 is 0 Å². The predicted molar refractivity (Wildman–Crippen MR) is 60.9 cm³/mol. The van der Waals surface area contributed by atoms with Gasteiger partial charge in [0.05, 0.1) is 12.1 Å². The summed E-state index contributed by atoms with van der Waals surface area (Å²) in [6.45, 7) is 5.88. The second kappa shape index (κ2) is 5.10. The van der Waals surface area contributed by atoms with Crippen molar-refractivity contribution in [1.82, 2.24) is 0 Å². The zero-order valence-electron chi connectivity index (χ0n) is 8.60. The van der Waals surface area contributed by atoms with Crippen LogP contribution in [0.2, 0.25) is 0 Å². The average Bonchev–Trinajstić information content (AvgIpc) is 2.23. The molecule has 0 bridgehead atoms. The van der Waals surface area contributed by atoms with E-state index in [9.17, 15) is 9.90 Å². The van der Waals surface area contributed by atoms with Crippen LogP contribution in [0.25, 0.3) is 0 Å². The molecule has 0 aliphatic rings. The minimum Gasteiger partial charge on any atom is -0.507 e. The van der Waals surface area contributed by atoms with E-state index in [0.29, 0.717) is 18.4 Å². The third kappa shape index (κ3) is 2.77. The summed E-state index contributed by atoms with van der Waals surface area (Å²) in [7, 11) is 0. The smallest absolute Gasteiger partial charge is 0.153 e. The average molecular weight is 203 g/mol. The monoisotopic (exact) mass is 203 g/mol. The van der Waals surface area contributed by atoms with Gasteiger partial charge < -0.3 is 5.11 Å². The van der Waals surface area contributed by atoms with Crippen molar-refractivity contribution in [3.63, 3.8) is 0 Å².